The van der Waals surface area contributed by atoms with Gasteiger partial charge in [-0.25, -0.2) is 19.2 Å². The van der Waals surface area contributed by atoms with Gasteiger partial charge in [-0.05, 0) is 29.8 Å². The first kappa shape index (κ1) is 20.6. The number of para-hydroxylation sites is 1. The molecule has 10 heteroatoms. The van der Waals surface area contributed by atoms with Gasteiger partial charge in [0, 0.05) is 13.6 Å². The van der Waals surface area contributed by atoms with E-state index in [2.05, 4.69) is 15.3 Å². The normalized spacial score (nSPS) is 10.4. The third-order valence-electron chi connectivity index (χ3n) is 4.35. The molecule has 1 heterocycles. The number of aromatic nitrogens is 2. The first-order valence-corrected chi connectivity index (χ1v) is 8.81. The minimum Gasteiger partial charge on any atom is -0.465 e. The number of methoxy groups -OCH3 is 1. The van der Waals surface area contributed by atoms with Gasteiger partial charge in [-0.2, -0.15) is 0 Å². The van der Waals surface area contributed by atoms with Crippen LogP contribution in [-0.4, -0.2) is 35.0 Å². The maximum absolute atomic E-state index is 13.1. The molecule has 3 rings (SSSR count). The summed E-state index contributed by atoms with van der Waals surface area (Å²) < 4.78 is 17.9. The molecule has 0 atom stereocenters. The Kier molecular flexibility index (Phi) is 6.16. The summed E-state index contributed by atoms with van der Waals surface area (Å²) in [6.07, 6.45) is 1.19. The summed E-state index contributed by atoms with van der Waals surface area (Å²) in [7, 11) is 2.81. The van der Waals surface area contributed by atoms with Gasteiger partial charge in [0.25, 0.3) is 0 Å². The van der Waals surface area contributed by atoms with Crippen molar-refractivity contribution in [3.63, 3.8) is 0 Å². The number of nitro groups is 1. The van der Waals surface area contributed by atoms with Crippen LogP contribution in [0.2, 0.25) is 0 Å². The SMILES string of the molecule is COC(=O)c1ccccc1N(C)c1ncnc(NCc2ccc(F)cc2)c1[N+](=O)[O-]. The molecule has 0 radical (unpaired) electrons. The average molecular weight is 411 g/mol. The Morgan fingerprint density at radius 2 is 1.90 bits per heavy atom. The molecule has 154 valence electrons. The molecule has 1 N–H and O–H groups in total. The molecule has 2 aromatic carbocycles. The smallest absolute Gasteiger partial charge is 0.353 e. The highest BCUT2D eigenvalue weighted by molar-refractivity contribution is 5.97. The lowest BCUT2D eigenvalue weighted by Crippen LogP contribution is -2.18. The molecule has 0 aliphatic heterocycles. The van der Waals surface area contributed by atoms with Crippen molar-refractivity contribution in [2.45, 2.75) is 6.54 Å². The molecule has 0 saturated carbocycles. The van der Waals surface area contributed by atoms with E-state index in [1.807, 2.05) is 0 Å². The standard InChI is InChI=1S/C20H18FN5O4/c1-25(16-6-4-3-5-15(16)20(27)30-2)19-17(26(28)29)18(23-12-24-19)22-11-13-7-9-14(21)10-8-13/h3-10,12H,11H2,1-2H3,(H,22,23,24). The minimum atomic E-state index is -0.598. The first-order chi connectivity index (χ1) is 14.4. The largest absolute Gasteiger partial charge is 0.465 e. The average Bonchev–Trinajstić information content (AvgIpc) is 2.77. The quantitative estimate of drug-likeness (QED) is 0.356. The number of halogens is 1. The highest BCUT2D eigenvalue weighted by Gasteiger charge is 2.28. The van der Waals surface area contributed by atoms with Crippen LogP contribution in [0.5, 0.6) is 0 Å². The Labute approximate surface area is 171 Å². The molecule has 0 spiro atoms. The monoisotopic (exact) mass is 411 g/mol. The first-order valence-electron chi connectivity index (χ1n) is 8.81. The van der Waals surface area contributed by atoms with Gasteiger partial charge in [0.2, 0.25) is 11.6 Å². The van der Waals surface area contributed by atoms with Crippen LogP contribution in [0.25, 0.3) is 0 Å². The second kappa shape index (κ2) is 8.95. The molecule has 3 aromatic rings. The number of esters is 1. The van der Waals surface area contributed by atoms with Crippen molar-refractivity contribution >= 4 is 29.0 Å². The number of carbonyl (C=O) groups excluding carboxylic acids is 1. The molecule has 0 aliphatic rings. The molecule has 0 aliphatic carbocycles. The zero-order valence-corrected chi connectivity index (χ0v) is 16.2. The topological polar surface area (TPSA) is 110 Å². The third-order valence-corrected chi connectivity index (χ3v) is 4.35. The summed E-state index contributed by atoms with van der Waals surface area (Å²) in [5.41, 5.74) is 0.976. The second-order valence-corrected chi connectivity index (χ2v) is 6.20. The minimum absolute atomic E-state index is 0.00303. The Morgan fingerprint density at radius 1 is 1.20 bits per heavy atom. The zero-order chi connectivity index (χ0) is 21.7. The molecule has 0 unspecified atom stereocenters. The lowest BCUT2D eigenvalue weighted by molar-refractivity contribution is -0.383. The number of hydrogen-bond donors (Lipinski definition) is 1. The van der Waals surface area contributed by atoms with Crippen LogP contribution < -0.4 is 10.2 Å². The molecular formula is C20H18FN5O4. The second-order valence-electron chi connectivity index (χ2n) is 6.20. The van der Waals surface area contributed by atoms with Crippen molar-refractivity contribution in [3.8, 4) is 0 Å². The van der Waals surface area contributed by atoms with Gasteiger partial charge in [0.15, 0.2) is 0 Å². The van der Waals surface area contributed by atoms with E-state index in [1.54, 1.807) is 43.4 Å². The maximum Gasteiger partial charge on any atom is 0.353 e. The lowest BCUT2D eigenvalue weighted by Gasteiger charge is -2.21. The lowest BCUT2D eigenvalue weighted by atomic mass is 10.1. The van der Waals surface area contributed by atoms with E-state index < -0.39 is 10.9 Å². The summed E-state index contributed by atoms with van der Waals surface area (Å²) in [4.78, 5) is 32.8. The Hall–Kier alpha value is -4.08. The highest BCUT2D eigenvalue weighted by Crippen LogP contribution is 2.36. The van der Waals surface area contributed by atoms with Gasteiger partial charge in [-0.3, -0.25) is 10.1 Å². The Bertz CT molecular complexity index is 1080. The van der Waals surface area contributed by atoms with Crippen LogP contribution in [-0.2, 0) is 11.3 Å². The number of benzene rings is 2. The van der Waals surface area contributed by atoms with Crippen LogP contribution in [0.15, 0.2) is 54.9 Å². The number of anilines is 3. The fourth-order valence-corrected chi connectivity index (χ4v) is 2.86. The van der Waals surface area contributed by atoms with Crippen molar-refractivity contribution in [2.24, 2.45) is 0 Å². The van der Waals surface area contributed by atoms with Gasteiger partial charge in [0.1, 0.15) is 12.1 Å². The number of hydrogen-bond acceptors (Lipinski definition) is 8. The van der Waals surface area contributed by atoms with Crippen molar-refractivity contribution in [1.82, 2.24) is 9.97 Å². The van der Waals surface area contributed by atoms with E-state index in [9.17, 15) is 19.3 Å². The number of ether oxygens (including phenoxy) is 1. The van der Waals surface area contributed by atoms with E-state index >= 15 is 0 Å². The van der Waals surface area contributed by atoms with Crippen LogP contribution >= 0.6 is 0 Å². The molecule has 30 heavy (non-hydrogen) atoms. The highest BCUT2D eigenvalue weighted by atomic mass is 19.1. The number of carbonyl (C=O) groups is 1. The number of nitrogens with one attached hydrogen (secondary N) is 1. The number of nitrogens with zero attached hydrogens (tertiary/aromatic N) is 4. The van der Waals surface area contributed by atoms with Gasteiger partial charge < -0.3 is 15.0 Å². The van der Waals surface area contributed by atoms with Gasteiger partial charge in [0.05, 0.1) is 23.3 Å². The summed E-state index contributed by atoms with van der Waals surface area (Å²) >= 11 is 0. The molecule has 1 aromatic heterocycles. The summed E-state index contributed by atoms with van der Waals surface area (Å²) in [5, 5.41) is 14.7. The molecule has 0 bridgehead atoms. The Morgan fingerprint density at radius 3 is 2.57 bits per heavy atom. The molecule has 0 amide bonds. The van der Waals surface area contributed by atoms with E-state index in [-0.39, 0.29) is 35.2 Å². The van der Waals surface area contributed by atoms with Gasteiger partial charge in [-0.15, -0.1) is 0 Å². The van der Waals surface area contributed by atoms with Gasteiger partial charge >= 0.3 is 11.7 Å². The molecule has 9 nitrogen and oxygen atoms in total. The summed E-state index contributed by atoms with van der Waals surface area (Å²) in [6.45, 7) is 0.194. The van der Waals surface area contributed by atoms with Crippen molar-refractivity contribution in [2.75, 3.05) is 24.4 Å². The predicted octanol–water partition coefficient (Wildman–Crippen LogP) is 3.69. The van der Waals surface area contributed by atoms with E-state index in [0.717, 1.165) is 5.56 Å². The molecular weight excluding hydrogens is 393 g/mol. The summed E-state index contributed by atoms with van der Waals surface area (Å²) in [5.74, 6) is -0.964. The van der Waals surface area contributed by atoms with Crippen molar-refractivity contribution in [1.29, 1.82) is 0 Å². The van der Waals surface area contributed by atoms with E-state index in [1.165, 1.54) is 30.5 Å². The third kappa shape index (κ3) is 4.32. The maximum atomic E-state index is 13.1. The molecule has 0 fully saturated rings. The zero-order valence-electron chi connectivity index (χ0n) is 16.2. The van der Waals surface area contributed by atoms with Crippen molar-refractivity contribution in [3.05, 3.63) is 81.9 Å². The van der Waals surface area contributed by atoms with Crippen LogP contribution in [0.4, 0.5) is 27.4 Å². The summed E-state index contributed by atoms with van der Waals surface area (Å²) in [6, 6.07) is 12.3. The van der Waals surface area contributed by atoms with E-state index in [4.69, 9.17) is 4.74 Å². The Balaban J connectivity index is 1.98. The van der Waals surface area contributed by atoms with Crippen LogP contribution in [0, 0.1) is 15.9 Å². The van der Waals surface area contributed by atoms with Crippen molar-refractivity contribution < 1.29 is 18.8 Å². The van der Waals surface area contributed by atoms with Crippen LogP contribution in [0.1, 0.15) is 15.9 Å². The fourth-order valence-electron chi connectivity index (χ4n) is 2.86. The van der Waals surface area contributed by atoms with Gasteiger partial charge in [-0.1, -0.05) is 24.3 Å². The predicted molar refractivity (Wildman–Crippen MR) is 108 cm³/mol. The molecule has 0 saturated heterocycles. The van der Waals surface area contributed by atoms with Crippen LogP contribution in [0.3, 0.4) is 0 Å². The van der Waals surface area contributed by atoms with E-state index in [0.29, 0.717) is 5.69 Å². The number of rotatable bonds is 7. The fraction of sp³-hybridized carbons (Fsp3) is 0.150.